The molecule has 2 heterocycles. The van der Waals surface area contributed by atoms with Crippen LogP contribution in [0.2, 0.25) is 0 Å². The molecular formula is C73H49F6N3. The summed E-state index contributed by atoms with van der Waals surface area (Å²) in [7, 11) is 0. The van der Waals surface area contributed by atoms with Gasteiger partial charge in [-0.1, -0.05) is 162 Å². The molecule has 0 bridgehead atoms. The number of hydrogen-bond acceptors (Lipinski definition) is 1. The number of rotatable bonds is 8. The number of benzene rings is 11. The molecule has 3 nitrogen and oxygen atoms in total. The van der Waals surface area contributed by atoms with Gasteiger partial charge in [-0.25, -0.2) is 0 Å². The van der Waals surface area contributed by atoms with Crippen LogP contribution in [0.4, 0.5) is 26.3 Å². The first kappa shape index (κ1) is 51.5. The molecule has 13 aromatic rings. The quantitative estimate of drug-likeness (QED) is 0.140. The predicted molar refractivity (Wildman–Crippen MR) is 321 cm³/mol. The Morgan fingerprint density at radius 2 is 0.622 bits per heavy atom. The van der Waals surface area contributed by atoms with Crippen LogP contribution in [0.15, 0.2) is 224 Å². The Hall–Kier alpha value is -9.91. The summed E-state index contributed by atoms with van der Waals surface area (Å²) in [5, 5.41) is 15.0. The van der Waals surface area contributed by atoms with Crippen molar-refractivity contribution in [3.8, 4) is 84.2 Å². The summed E-state index contributed by atoms with van der Waals surface area (Å²) in [5.41, 5.74) is 13.8. The molecule has 0 fully saturated rings. The molecule has 9 heteroatoms. The number of nitriles is 1. The van der Waals surface area contributed by atoms with E-state index in [9.17, 15) is 5.26 Å². The molecule has 0 amide bonds. The van der Waals surface area contributed by atoms with Crippen LogP contribution in [0.5, 0.6) is 0 Å². The standard InChI is InChI=1S/C73H49F6N3/c1-43-11-19-47(20-12-43)51-27-31-64-60(37-51)61-38-52(48-21-13-44(2)14-22-48)28-32-65(61)81(64)68-9-5-7-55(42-80)70(68)71-59(56-35-57(72(74,75)76)41-58(36-56)73(77,78)79)8-6-10-69(71)82-66-33-29-53(49-23-15-45(3)16-24-49)39-62(66)63-40-54(30-34-67(63)82)50-25-17-46(4)18-26-50/h5-41H,1-4H3. The van der Waals surface area contributed by atoms with Gasteiger partial charge in [0.15, 0.2) is 0 Å². The molecule has 11 aromatic carbocycles. The highest BCUT2D eigenvalue weighted by Gasteiger charge is 2.38. The molecule has 0 aliphatic heterocycles. The van der Waals surface area contributed by atoms with Gasteiger partial charge in [0.2, 0.25) is 0 Å². The SMILES string of the molecule is Cc1ccc(-c2ccc3c(c2)c2cc(-c4ccc(C)cc4)ccc2n3-c2cccc(C#N)c2-c2c(-c3cc(C(F)(F)F)cc(C(F)(F)F)c3)cccc2-n2c3ccc(-c4ccc(C)cc4)cc3c3cc(-c4ccc(C)cc4)ccc32)cc1. The van der Waals surface area contributed by atoms with Crippen molar-refractivity contribution in [2.75, 3.05) is 0 Å². The van der Waals surface area contributed by atoms with Crippen LogP contribution in [-0.2, 0) is 12.4 Å². The van der Waals surface area contributed by atoms with Crippen molar-refractivity contribution in [2.45, 2.75) is 40.0 Å². The average Bonchev–Trinajstić information content (AvgIpc) is 3.93. The van der Waals surface area contributed by atoms with E-state index in [1.807, 2.05) is 92.9 Å². The van der Waals surface area contributed by atoms with E-state index in [-0.39, 0.29) is 28.3 Å². The Morgan fingerprint density at radius 3 is 0.939 bits per heavy atom. The van der Waals surface area contributed by atoms with E-state index in [0.29, 0.717) is 16.9 Å². The summed E-state index contributed by atoms with van der Waals surface area (Å²) in [5.74, 6) is 0. The van der Waals surface area contributed by atoms with Gasteiger partial charge in [0.25, 0.3) is 0 Å². The van der Waals surface area contributed by atoms with Crippen molar-refractivity contribution < 1.29 is 26.3 Å². The molecule has 82 heavy (non-hydrogen) atoms. The van der Waals surface area contributed by atoms with Gasteiger partial charge in [-0.3, -0.25) is 0 Å². The van der Waals surface area contributed by atoms with Crippen LogP contribution in [-0.4, -0.2) is 9.13 Å². The third-order valence-corrected chi connectivity index (χ3v) is 15.9. The molecule has 0 radical (unpaired) electrons. The summed E-state index contributed by atoms with van der Waals surface area (Å²) < 4.78 is 94.3. The van der Waals surface area contributed by atoms with E-state index >= 15 is 26.3 Å². The van der Waals surface area contributed by atoms with Crippen LogP contribution < -0.4 is 0 Å². The number of hydrogen-bond donors (Lipinski definition) is 0. The third kappa shape index (κ3) is 9.07. The highest BCUT2D eigenvalue weighted by molar-refractivity contribution is 6.15. The minimum atomic E-state index is -5.14. The topological polar surface area (TPSA) is 33.6 Å². The monoisotopic (exact) mass is 1080 g/mol. The molecule has 0 atom stereocenters. The van der Waals surface area contributed by atoms with Crippen LogP contribution >= 0.6 is 0 Å². The fourth-order valence-electron chi connectivity index (χ4n) is 11.7. The second kappa shape index (κ2) is 19.7. The zero-order chi connectivity index (χ0) is 56.8. The van der Waals surface area contributed by atoms with Crippen LogP contribution in [0.25, 0.3) is 122 Å². The number of aryl methyl sites for hydroxylation is 4. The maximum absolute atomic E-state index is 15.0. The molecule has 0 aliphatic carbocycles. The van der Waals surface area contributed by atoms with Crippen molar-refractivity contribution in [3.63, 3.8) is 0 Å². The molecule has 0 N–H and O–H groups in total. The Labute approximate surface area is 469 Å². The van der Waals surface area contributed by atoms with Gasteiger partial charge in [-0.2, -0.15) is 31.6 Å². The number of fused-ring (bicyclic) bond motifs is 6. The number of halogens is 6. The van der Waals surface area contributed by atoms with Gasteiger partial charge >= 0.3 is 12.4 Å². The van der Waals surface area contributed by atoms with E-state index in [4.69, 9.17) is 0 Å². The highest BCUT2D eigenvalue weighted by Crippen LogP contribution is 2.49. The zero-order valence-corrected chi connectivity index (χ0v) is 45.0. The van der Waals surface area contributed by atoms with Gasteiger partial charge in [0.05, 0.1) is 56.2 Å². The fourth-order valence-corrected chi connectivity index (χ4v) is 11.7. The van der Waals surface area contributed by atoms with E-state index in [0.717, 1.165) is 123 Å². The van der Waals surface area contributed by atoms with Crippen LogP contribution in [0.1, 0.15) is 38.9 Å². The first-order valence-corrected chi connectivity index (χ1v) is 26.9. The van der Waals surface area contributed by atoms with Gasteiger partial charge in [0, 0.05) is 32.7 Å². The second-order valence-corrected chi connectivity index (χ2v) is 21.4. The lowest BCUT2D eigenvalue weighted by Crippen LogP contribution is -2.11. The molecule has 2 aromatic heterocycles. The van der Waals surface area contributed by atoms with E-state index in [1.54, 1.807) is 24.3 Å². The lowest BCUT2D eigenvalue weighted by Gasteiger charge is -2.23. The van der Waals surface area contributed by atoms with Crippen molar-refractivity contribution in [2.24, 2.45) is 0 Å². The second-order valence-electron chi connectivity index (χ2n) is 21.4. The van der Waals surface area contributed by atoms with Crippen molar-refractivity contribution >= 4 is 43.6 Å². The van der Waals surface area contributed by atoms with E-state index in [1.165, 1.54) is 0 Å². The summed E-state index contributed by atoms with van der Waals surface area (Å²) in [6.07, 6.45) is -10.3. The van der Waals surface area contributed by atoms with E-state index < -0.39 is 23.5 Å². The number of aromatic nitrogens is 2. The average molecular weight is 1080 g/mol. The summed E-state index contributed by atoms with van der Waals surface area (Å²) in [6, 6.07) is 72.4. The normalized spacial score (nSPS) is 12.0. The number of nitrogens with zero attached hydrogens (tertiary/aromatic N) is 3. The Kier molecular flexibility index (Phi) is 12.4. The Balaban J connectivity index is 1.16. The minimum Gasteiger partial charge on any atom is -0.309 e. The molecule has 0 saturated heterocycles. The zero-order valence-electron chi connectivity index (χ0n) is 45.0. The molecular weight excluding hydrogens is 1030 g/mol. The van der Waals surface area contributed by atoms with Crippen LogP contribution in [0.3, 0.4) is 0 Å². The molecule has 0 aliphatic rings. The predicted octanol–water partition coefficient (Wildman–Crippen LogP) is 21.0. The molecule has 398 valence electrons. The van der Waals surface area contributed by atoms with Gasteiger partial charge in [0.1, 0.15) is 0 Å². The third-order valence-electron chi connectivity index (χ3n) is 15.9. The summed E-state index contributed by atoms with van der Waals surface area (Å²) >= 11 is 0. The van der Waals surface area contributed by atoms with Gasteiger partial charge in [-0.15, -0.1) is 0 Å². The van der Waals surface area contributed by atoms with Gasteiger partial charge in [-0.05, 0) is 168 Å². The van der Waals surface area contributed by atoms with Crippen LogP contribution in [0, 0.1) is 39.0 Å². The Morgan fingerprint density at radius 1 is 0.317 bits per heavy atom. The van der Waals surface area contributed by atoms with Gasteiger partial charge < -0.3 is 9.13 Å². The van der Waals surface area contributed by atoms with Crippen molar-refractivity contribution in [1.82, 2.24) is 9.13 Å². The molecule has 0 saturated carbocycles. The largest absolute Gasteiger partial charge is 0.416 e. The van der Waals surface area contributed by atoms with Crippen molar-refractivity contribution in [1.29, 1.82) is 5.26 Å². The van der Waals surface area contributed by atoms with E-state index in [2.05, 4.69) is 132 Å². The Bertz CT molecular complexity index is 4490. The molecule has 0 unspecified atom stereocenters. The summed E-state index contributed by atoms with van der Waals surface area (Å²) in [4.78, 5) is 0. The maximum Gasteiger partial charge on any atom is 0.416 e. The first-order chi connectivity index (χ1) is 39.5. The fraction of sp³-hybridized carbons (Fsp3) is 0.0822. The highest BCUT2D eigenvalue weighted by atomic mass is 19.4. The number of alkyl halides is 6. The molecule has 13 rings (SSSR count). The maximum atomic E-state index is 15.0. The molecule has 0 spiro atoms. The van der Waals surface area contributed by atoms with Crippen molar-refractivity contribution in [3.05, 3.63) is 263 Å². The minimum absolute atomic E-state index is 0.0599. The lowest BCUT2D eigenvalue weighted by molar-refractivity contribution is -0.143. The smallest absolute Gasteiger partial charge is 0.309 e. The summed E-state index contributed by atoms with van der Waals surface area (Å²) in [6.45, 7) is 8.14. The first-order valence-electron chi connectivity index (χ1n) is 26.9. The lowest BCUT2D eigenvalue weighted by atomic mass is 9.87.